The summed E-state index contributed by atoms with van der Waals surface area (Å²) < 4.78 is 0. The molecule has 2 amide bonds. The normalized spacial score (nSPS) is 23.3. The Labute approximate surface area is 146 Å². The average Bonchev–Trinajstić information content (AvgIpc) is 2.90. The van der Waals surface area contributed by atoms with Crippen LogP contribution in [0, 0.1) is 6.92 Å². The highest BCUT2D eigenvalue weighted by Gasteiger charge is 2.32. The molecule has 1 saturated carbocycles. The van der Waals surface area contributed by atoms with E-state index in [2.05, 4.69) is 15.6 Å². The highest BCUT2D eigenvalue weighted by molar-refractivity contribution is 8.15. The van der Waals surface area contributed by atoms with Gasteiger partial charge in [-0.25, -0.2) is 0 Å². The van der Waals surface area contributed by atoms with Crippen molar-refractivity contribution in [3.8, 4) is 0 Å². The van der Waals surface area contributed by atoms with Crippen LogP contribution in [0.25, 0.3) is 0 Å². The van der Waals surface area contributed by atoms with Gasteiger partial charge in [0.2, 0.25) is 11.8 Å². The quantitative estimate of drug-likeness (QED) is 0.880. The lowest BCUT2D eigenvalue weighted by atomic mass is 9.96. The largest absolute Gasteiger partial charge is 0.326 e. The number of para-hydroxylation sites is 1. The van der Waals surface area contributed by atoms with Crippen LogP contribution in [0.5, 0.6) is 0 Å². The van der Waals surface area contributed by atoms with Crippen molar-refractivity contribution in [2.75, 3.05) is 5.32 Å². The van der Waals surface area contributed by atoms with E-state index in [1.54, 1.807) is 0 Å². The molecule has 1 atom stereocenters. The van der Waals surface area contributed by atoms with Gasteiger partial charge in [-0.15, -0.1) is 0 Å². The molecule has 5 nitrogen and oxygen atoms in total. The molecule has 1 aromatic carbocycles. The maximum atomic E-state index is 12.2. The maximum Gasteiger partial charge on any atom is 0.240 e. The van der Waals surface area contributed by atoms with Crippen molar-refractivity contribution in [2.24, 2.45) is 4.99 Å². The van der Waals surface area contributed by atoms with Gasteiger partial charge in [0.1, 0.15) is 5.25 Å². The SMILES string of the molecule is Cc1ccccc1NC(=O)C[C@@H]1SC(=NC2CCCCC2)NC1=O. The fraction of sp³-hybridized carbons (Fsp3) is 0.500. The third-order valence-corrected chi connectivity index (χ3v) is 5.54. The smallest absolute Gasteiger partial charge is 0.240 e. The summed E-state index contributed by atoms with van der Waals surface area (Å²) in [7, 11) is 0. The van der Waals surface area contributed by atoms with Crippen LogP contribution in [-0.4, -0.2) is 28.3 Å². The first-order chi connectivity index (χ1) is 11.6. The molecular formula is C18H23N3O2S. The number of carbonyl (C=O) groups is 2. The van der Waals surface area contributed by atoms with Crippen molar-refractivity contribution in [3.63, 3.8) is 0 Å². The van der Waals surface area contributed by atoms with Crippen LogP contribution >= 0.6 is 11.8 Å². The summed E-state index contributed by atoms with van der Waals surface area (Å²) in [5.74, 6) is -0.259. The third-order valence-electron chi connectivity index (χ3n) is 4.44. The summed E-state index contributed by atoms with van der Waals surface area (Å²) in [4.78, 5) is 29.0. The summed E-state index contributed by atoms with van der Waals surface area (Å²) >= 11 is 1.38. The van der Waals surface area contributed by atoms with E-state index in [0.29, 0.717) is 11.2 Å². The highest BCUT2D eigenvalue weighted by Crippen LogP contribution is 2.27. The monoisotopic (exact) mass is 345 g/mol. The van der Waals surface area contributed by atoms with Gasteiger partial charge in [-0.2, -0.15) is 0 Å². The van der Waals surface area contributed by atoms with Crippen LogP contribution < -0.4 is 10.6 Å². The lowest BCUT2D eigenvalue weighted by Crippen LogP contribution is -2.28. The van der Waals surface area contributed by atoms with Crippen molar-refractivity contribution in [1.82, 2.24) is 5.32 Å². The van der Waals surface area contributed by atoms with E-state index in [1.165, 1.54) is 31.0 Å². The number of hydrogen-bond acceptors (Lipinski definition) is 4. The Hall–Kier alpha value is -1.82. The average molecular weight is 345 g/mol. The number of aliphatic imine (C=N–C) groups is 1. The van der Waals surface area contributed by atoms with Crippen molar-refractivity contribution in [2.45, 2.75) is 56.7 Å². The number of anilines is 1. The number of nitrogens with one attached hydrogen (secondary N) is 2. The molecule has 0 aromatic heterocycles. The predicted molar refractivity (Wildman–Crippen MR) is 98.3 cm³/mol. The number of amides is 2. The summed E-state index contributed by atoms with van der Waals surface area (Å²) in [5, 5.41) is 6.00. The second-order valence-electron chi connectivity index (χ2n) is 6.39. The molecule has 128 valence electrons. The molecule has 1 aliphatic heterocycles. The van der Waals surface area contributed by atoms with Crippen molar-refractivity contribution in [3.05, 3.63) is 29.8 Å². The van der Waals surface area contributed by atoms with Gasteiger partial charge in [0.15, 0.2) is 5.17 Å². The number of thioether (sulfide) groups is 1. The molecule has 2 N–H and O–H groups in total. The van der Waals surface area contributed by atoms with Crippen molar-refractivity contribution in [1.29, 1.82) is 0 Å². The summed E-state index contributed by atoms with van der Waals surface area (Å²) in [6.45, 7) is 1.95. The van der Waals surface area contributed by atoms with E-state index in [-0.39, 0.29) is 18.2 Å². The summed E-state index contributed by atoms with van der Waals surface area (Å²) in [5.41, 5.74) is 1.80. The molecular weight excluding hydrogens is 322 g/mol. The van der Waals surface area contributed by atoms with Gasteiger partial charge >= 0.3 is 0 Å². The number of nitrogens with zero attached hydrogens (tertiary/aromatic N) is 1. The van der Waals surface area contributed by atoms with Crippen molar-refractivity contribution >= 4 is 34.4 Å². The van der Waals surface area contributed by atoms with E-state index in [1.807, 2.05) is 31.2 Å². The standard InChI is InChI=1S/C18H23N3O2S/c1-12-7-5-6-10-14(12)20-16(22)11-15-17(23)21-18(24-15)19-13-8-3-2-4-9-13/h5-7,10,13,15H,2-4,8-9,11H2,1H3,(H,20,22)(H,19,21,23)/t15-/m0/s1. The molecule has 1 heterocycles. The van der Waals surface area contributed by atoms with Gasteiger partial charge in [-0.3, -0.25) is 14.6 Å². The number of aryl methyl sites for hydroxylation is 1. The Bertz CT molecular complexity index is 653. The number of amidine groups is 1. The van der Waals surface area contributed by atoms with Gasteiger partial charge < -0.3 is 10.6 Å². The first-order valence-electron chi connectivity index (χ1n) is 8.52. The molecule has 1 saturated heterocycles. The topological polar surface area (TPSA) is 70.6 Å². The minimum absolute atomic E-state index is 0.116. The molecule has 0 unspecified atom stereocenters. The molecule has 0 bridgehead atoms. The van der Waals surface area contributed by atoms with E-state index in [4.69, 9.17) is 0 Å². The van der Waals surface area contributed by atoms with Gasteiger partial charge in [0.25, 0.3) is 0 Å². The summed E-state index contributed by atoms with van der Waals surface area (Å²) in [6, 6.07) is 7.95. The predicted octanol–water partition coefficient (Wildman–Crippen LogP) is 3.24. The van der Waals surface area contributed by atoms with Gasteiger partial charge in [0.05, 0.1) is 6.04 Å². The number of hydrogen-bond donors (Lipinski definition) is 2. The minimum Gasteiger partial charge on any atom is -0.326 e. The van der Waals surface area contributed by atoms with E-state index in [0.717, 1.165) is 24.1 Å². The van der Waals surface area contributed by atoms with Crippen LogP contribution in [0.15, 0.2) is 29.3 Å². The lowest BCUT2D eigenvalue weighted by Gasteiger charge is -2.17. The van der Waals surface area contributed by atoms with E-state index >= 15 is 0 Å². The fourth-order valence-corrected chi connectivity index (χ4v) is 4.10. The zero-order valence-electron chi connectivity index (χ0n) is 13.9. The summed E-state index contributed by atoms with van der Waals surface area (Å²) in [6.07, 6.45) is 6.05. The molecule has 1 aromatic rings. The van der Waals surface area contributed by atoms with E-state index in [9.17, 15) is 9.59 Å². The van der Waals surface area contributed by atoms with Crippen LogP contribution in [0.1, 0.15) is 44.1 Å². The Morgan fingerprint density at radius 1 is 1.29 bits per heavy atom. The number of benzene rings is 1. The van der Waals surface area contributed by atoms with E-state index < -0.39 is 5.25 Å². The van der Waals surface area contributed by atoms with Gasteiger partial charge in [0, 0.05) is 12.1 Å². The third kappa shape index (κ3) is 4.38. The first-order valence-corrected chi connectivity index (χ1v) is 9.40. The molecule has 3 rings (SSSR count). The van der Waals surface area contributed by atoms with Gasteiger partial charge in [-0.1, -0.05) is 49.2 Å². The zero-order valence-corrected chi connectivity index (χ0v) is 14.7. The molecule has 1 aliphatic carbocycles. The van der Waals surface area contributed by atoms with Gasteiger partial charge in [-0.05, 0) is 31.4 Å². The van der Waals surface area contributed by atoms with Crippen LogP contribution in [0.3, 0.4) is 0 Å². The lowest BCUT2D eigenvalue weighted by molar-refractivity contribution is -0.122. The van der Waals surface area contributed by atoms with Crippen LogP contribution in [0.4, 0.5) is 5.69 Å². The minimum atomic E-state index is -0.392. The molecule has 2 aliphatic rings. The highest BCUT2D eigenvalue weighted by atomic mass is 32.2. The number of rotatable bonds is 4. The van der Waals surface area contributed by atoms with Crippen LogP contribution in [0.2, 0.25) is 0 Å². The Balaban J connectivity index is 1.55. The second kappa shape index (κ2) is 7.83. The van der Waals surface area contributed by atoms with Crippen molar-refractivity contribution < 1.29 is 9.59 Å². The maximum absolute atomic E-state index is 12.2. The molecule has 0 radical (unpaired) electrons. The second-order valence-corrected chi connectivity index (χ2v) is 7.58. The zero-order chi connectivity index (χ0) is 16.9. The molecule has 6 heteroatoms. The Morgan fingerprint density at radius 3 is 2.79 bits per heavy atom. The molecule has 24 heavy (non-hydrogen) atoms. The fourth-order valence-electron chi connectivity index (χ4n) is 3.06. The Kier molecular flexibility index (Phi) is 5.56. The molecule has 0 spiro atoms. The van der Waals surface area contributed by atoms with Crippen LogP contribution in [-0.2, 0) is 9.59 Å². The Morgan fingerprint density at radius 2 is 2.04 bits per heavy atom. The number of carbonyl (C=O) groups excluding carboxylic acids is 2. The molecule has 2 fully saturated rings. The first kappa shape index (κ1) is 17.0.